The van der Waals surface area contributed by atoms with Gasteiger partial charge in [0.15, 0.2) is 0 Å². The van der Waals surface area contributed by atoms with E-state index in [-0.39, 0.29) is 0 Å². The molecule has 2 aromatic rings. The van der Waals surface area contributed by atoms with Crippen LogP contribution in [-0.4, -0.2) is 28.6 Å². The highest BCUT2D eigenvalue weighted by Gasteiger charge is 2.08. The molecule has 0 spiro atoms. The Balaban J connectivity index is 2.42. The second-order valence-corrected chi connectivity index (χ2v) is 3.43. The maximum absolute atomic E-state index is 4.14. The molecule has 1 aromatic heterocycles. The molecule has 1 N–H and O–H groups in total. The summed E-state index contributed by atoms with van der Waals surface area (Å²) >= 11 is 0. The number of fused-ring (bicyclic) bond motifs is 1. The average Bonchev–Trinajstić information content (AvgIpc) is 2.61. The molecule has 1 heterocycles. The van der Waals surface area contributed by atoms with Crippen LogP contribution in [0.25, 0.3) is 11.0 Å². The quantitative estimate of drug-likeness (QED) is 0.791. The molecule has 2 rings (SSSR count). The zero-order valence-electron chi connectivity index (χ0n) is 8.44. The van der Waals surface area contributed by atoms with Crippen molar-refractivity contribution in [2.45, 2.75) is 13.0 Å². The largest absolute Gasteiger partial charge is 0.318 e. The minimum atomic E-state index is 0.326. The molecule has 0 aliphatic heterocycles. The molecular formula is C10H14N4. The first-order valence-electron chi connectivity index (χ1n) is 4.77. The van der Waals surface area contributed by atoms with Gasteiger partial charge in [-0.2, -0.15) is 0 Å². The van der Waals surface area contributed by atoms with E-state index >= 15 is 0 Å². The Bertz CT molecular complexity index is 421. The maximum atomic E-state index is 4.14. The van der Waals surface area contributed by atoms with Gasteiger partial charge in [0.2, 0.25) is 0 Å². The molecule has 0 aliphatic carbocycles. The van der Waals surface area contributed by atoms with Gasteiger partial charge >= 0.3 is 0 Å². The smallest absolute Gasteiger partial charge is 0.113 e. The molecule has 14 heavy (non-hydrogen) atoms. The first kappa shape index (κ1) is 9.15. The fourth-order valence-corrected chi connectivity index (χ4v) is 1.59. The van der Waals surface area contributed by atoms with E-state index in [4.69, 9.17) is 0 Å². The summed E-state index contributed by atoms with van der Waals surface area (Å²) in [6.07, 6.45) is 0. The molecule has 0 amide bonds. The van der Waals surface area contributed by atoms with Gasteiger partial charge in [-0.05, 0) is 26.1 Å². The summed E-state index contributed by atoms with van der Waals surface area (Å²) in [5.74, 6) is 0. The second kappa shape index (κ2) is 3.75. The van der Waals surface area contributed by atoms with Crippen LogP contribution < -0.4 is 5.32 Å². The molecule has 1 unspecified atom stereocenters. The van der Waals surface area contributed by atoms with Crippen molar-refractivity contribution in [2.24, 2.45) is 0 Å². The summed E-state index contributed by atoms with van der Waals surface area (Å²) in [5.41, 5.74) is 2.05. The van der Waals surface area contributed by atoms with Crippen LogP contribution in [0.3, 0.4) is 0 Å². The molecule has 1 atom stereocenters. The van der Waals surface area contributed by atoms with Crippen molar-refractivity contribution in [1.82, 2.24) is 20.3 Å². The summed E-state index contributed by atoms with van der Waals surface area (Å²) < 4.78 is 1.95. The van der Waals surface area contributed by atoms with Gasteiger partial charge in [-0.1, -0.05) is 17.3 Å². The van der Waals surface area contributed by atoms with Crippen molar-refractivity contribution >= 4 is 11.0 Å². The standard InChI is InChI=1S/C10H14N4/c1-8(7-11-2)14-10-6-4-3-5-9(10)12-13-14/h3-6,8,11H,7H2,1-2H3. The van der Waals surface area contributed by atoms with E-state index < -0.39 is 0 Å². The lowest BCUT2D eigenvalue weighted by Gasteiger charge is -2.10. The van der Waals surface area contributed by atoms with Gasteiger partial charge in [0, 0.05) is 6.54 Å². The number of benzene rings is 1. The van der Waals surface area contributed by atoms with E-state index in [1.807, 2.05) is 36.0 Å². The first-order chi connectivity index (χ1) is 6.83. The highest BCUT2D eigenvalue weighted by atomic mass is 15.4. The number of para-hydroxylation sites is 1. The topological polar surface area (TPSA) is 42.7 Å². The summed E-state index contributed by atoms with van der Waals surface area (Å²) in [4.78, 5) is 0. The lowest BCUT2D eigenvalue weighted by molar-refractivity contribution is 0.471. The van der Waals surface area contributed by atoms with Gasteiger partial charge in [-0.3, -0.25) is 0 Å². The number of rotatable bonds is 3. The Morgan fingerprint density at radius 2 is 2.21 bits per heavy atom. The number of likely N-dealkylation sites (N-methyl/N-ethyl adjacent to an activating group) is 1. The van der Waals surface area contributed by atoms with Crippen LogP contribution in [0.1, 0.15) is 13.0 Å². The molecule has 0 saturated carbocycles. The third-order valence-corrected chi connectivity index (χ3v) is 2.29. The predicted octanol–water partition coefficient (Wildman–Crippen LogP) is 1.21. The maximum Gasteiger partial charge on any atom is 0.113 e. The third kappa shape index (κ3) is 1.48. The predicted molar refractivity (Wildman–Crippen MR) is 56.2 cm³/mol. The van der Waals surface area contributed by atoms with Crippen LogP contribution in [0.4, 0.5) is 0 Å². The summed E-state index contributed by atoms with van der Waals surface area (Å²) in [5, 5.41) is 11.4. The van der Waals surface area contributed by atoms with Gasteiger partial charge in [0.25, 0.3) is 0 Å². The lowest BCUT2D eigenvalue weighted by atomic mass is 10.3. The van der Waals surface area contributed by atoms with Crippen LogP contribution in [0.15, 0.2) is 24.3 Å². The molecule has 4 nitrogen and oxygen atoms in total. The molecule has 74 valence electrons. The highest BCUT2D eigenvalue weighted by molar-refractivity contribution is 5.73. The van der Waals surface area contributed by atoms with Crippen LogP contribution in [0.5, 0.6) is 0 Å². The molecule has 0 bridgehead atoms. The summed E-state index contributed by atoms with van der Waals surface area (Å²) in [7, 11) is 1.94. The van der Waals surface area contributed by atoms with Crippen molar-refractivity contribution in [3.63, 3.8) is 0 Å². The van der Waals surface area contributed by atoms with Crippen molar-refractivity contribution in [2.75, 3.05) is 13.6 Å². The molecule has 0 fully saturated rings. The minimum absolute atomic E-state index is 0.326. The van der Waals surface area contributed by atoms with Gasteiger partial charge in [-0.15, -0.1) is 5.10 Å². The van der Waals surface area contributed by atoms with Crippen LogP contribution in [-0.2, 0) is 0 Å². The average molecular weight is 190 g/mol. The van der Waals surface area contributed by atoms with Gasteiger partial charge in [-0.25, -0.2) is 4.68 Å². The number of aromatic nitrogens is 3. The summed E-state index contributed by atoms with van der Waals surface area (Å²) in [6, 6.07) is 8.33. The van der Waals surface area contributed by atoms with Gasteiger partial charge in [0.05, 0.1) is 11.6 Å². The van der Waals surface area contributed by atoms with Crippen LogP contribution in [0.2, 0.25) is 0 Å². The number of hydrogen-bond acceptors (Lipinski definition) is 3. The van der Waals surface area contributed by atoms with Crippen molar-refractivity contribution in [1.29, 1.82) is 0 Å². The Morgan fingerprint density at radius 3 is 3.00 bits per heavy atom. The normalized spacial score (nSPS) is 13.3. The van der Waals surface area contributed by atoms with Crippen molar-refractivity contribution in [3.8, 4) is 0 Å². The number of nitrogens with zero attached hydrogens (tertiary/aromatic N) is 3. The summed E-state index contributed by atoms with van der Waals surface area (Å²) in [6.45, 7) is 3.02. The third-order valence-electron chi connectivity index (χ3n) is 2.29. The number of nitrogens with one attached hydrogen (secondary N) is 1. The van der Waals surface area contributed by atoms with E-state index in [1.54, 1.807) is 0 Å². The van der Waals surface area contributed by atoms with Crippen LogP contribution >= 0.6 is 0 Å². The minimum Gasteiger partial charge on any atom is -0.318 e. The fourth-order valence-electron chi connectivity index (χ4n) is 1.59. The molecule has 0 aliphatic rings. The van der Waals surface area contributed by atoms with E-state index in [0.717, 1.165) is 17.6 Å². The Labute approximate surface area is 82.9 Å². The zero-order chi connectivity index (χ0) is 9.97. The Morgan fingerprint density at radius 1 is 1.43 bits per heavy atom. The second-order valence-electron chi connectivity index (χ2n) is 3.43. The van der Waals surface area contributed by atoms with E-state index in [1.165, 1.54) is 0 Å². The first-order valence-corrected chi connectivity index (χ1v) is 4.77. The number of hydrogen-bond donors (Lipinski definition) is 1. The van der Waals surface area contributed by atoms with E-state index in [2.05, 4.69) is 22.6 Å². The SMILES string of the molecule is CNCC(C)n1nnc2ccccc21. The fraction of sp³-hybridized carbons (Fsp3) is 0.400. The molecule has 0 saturated heterocycles. The highest BCUT2D eigenvalue weighted by Crippen LogP contribution is 2.14. The Hall–Kier alpha value is -1.42. The van der Waals surface area contributed by atoms with Crippen molar-refractivity contribution < 1.29 is 0 Å². The molecular weight excluding hydrogens is 176 g/mol. The zero-order valence-corrected chi connectivity index (χ0v) is 8.44. The molecule has 1 aromatic carbocycles. The van der Waals surface area contributed by atoms with Crippen LogP contribution in [0, 0.1) is 0 Å². The monoisotopic (exact) mass is 190 g/mol. The lowest BCUT2D eigenvalue weighted by Crippen LogP contribution is -2.20. The van der Waals surface area contributed by atoms with Gasteiger partial charge < -0.3 is 5.32 Å². The van der Waals surface area contributed by atoms with E-state index in [0.29, 0.717) is 6.04 Å². The Kier molecular flexibility index (Phi) is 2.45. The van der Waals surface area contributed by atoms with Gasteiger partial charge in [0.1, 0.15) is 5.52 Å². The van der Waals surface area contributed by atoms with E-state index in [9.17, 15) is 0 Å². The molecule has 0 radical (unpaired) electrons. The van der Waals surface area contributed by atoms with Crippen molar-refractivity contribution in [3.05, 3.63) is 24.3 Å². The molecule has 4 heteroatoms.